The van der Waals surface area contributed by atoms with E-state index in [1.54, 1.807) is 0 Å². The maximum atomic E-state index is 3.40. The van der Waals surface area contributed by atoms with Crippen LogP contribution in [0.25, 0.3) is 10.1 Å². The van der Waals surface area contributed by atoms with E-state index in [2.05, 4.69) is 41.4 Å². The lowest BCUT2D eigenvalue weighted by Crippen LogP contribution is -2.42. The maximum Gasteiger partial charge on any atom is 0.0348 e. The van der Waals surface area contributed by atoms with E-state index in [-0.39, 0.29) is 0 Å². The number of benzene rings is 1. The lowest BCUT2D eigenvalue weighted by Gasteiger charge is -2.27. The molecule has 3 heteroatoms. The normalized spacial score (nSPS) is 17.7. The van der Waals surface area contributed by atoms with Crippen molar-refractivity contribution in [1.82, 2.24) is 10.2 Å². The highest BCUT2D eigenvalue weighted by Crippen LogP contribution is 2.28. The molecule has 3 rings (SSSR count). The molecule has 0 amide bonds. The minimum atomic E-state index is 1.09. The largest absolute Gasteiger partial charge is 0.314 e. The molecule has 0 saturated carbocycles. The van der Waals surface area contributed by atoms with Crippen molar-refractivity contribution in [2.75, 3.05) is 26.2 Å². The first-order valence-electron chi connectivity index (χ1n) is 6.24. The average Bonchev–Trinajstić information content (AvgIpc) is 2.72. The van der Waals surface area contributed by atoms with E-state index in [0.29, 0.717) is 0 Å². The molecule has 2 nitrogen and oxygen atoms in total. The topological polar surface area (TPSA) is 15.3 Å². The number of aryl methyl sites for hydroxylation is 1. The van der Waals surface area contributed by atoms with Crippen LogP contribution in [0.4, 0.5) is 0 Å². The predicted molar refractivity (Wildman–Crippen MR) is 74.7 cm³/mol. The Bertz CT molecular complexity index is 512. The van der Waals surface area contributed by atoms with Crippen LogP contribution in [0.1, 0.15) is 10.4 Å². The fraction of sp³-hybridized carbons (Fsp3) is 0.429. The lowest BCUT2D eigenvalue weighted by molar-refractivity contribution is 0.234. The first-order valence-corrected chi connectivity index (χ1v) is 7.06. The van der Waals surface area contributed by atoms with Crippen LogP contribution in [0.5, 0.6) is 0 Å². The molecular weight excluding hydrogens is 228 g/mol. The fourth-order valence-corrected chi connectivity index (χ4v) is 3.47. The molecular formula is C14H18N2S. The number of hydrogen-bond acceptors (Lipinski definition) is 3. The van der Waals surface area contributed by atoms with Gasteiger partial charge in [-0.05, 0) is 30.0 Å². The van der Waals surface area contributed by atoms with E-state index in [0.717, 1.165) is 19.6 Å². The van der Waals surface area contributed by atoms with Gasteiger partial charge in [-0.2, -0.15) is 0 Å². The molecule has 0 radical (unpaired) electrons. The minimum Gasteiger partial charge on any atom is -0.314 e. The van der Waals surface area contributed by atoms with Crippen LogP contribution in [-0.2, 0) is 6.54 Å². The average molecular weight is 246 g/mol. The van der Waals surface area contributed by atoms with Crippen LogP contribution in [0.15, 0.2) is 24.3 Å². The van der Waals surface area contributed by atoms with E-state index in [4.69, 9.17) is 0 Å². The second kappa shape index (κ2) is 4.77. The van der Waals surface area contributed by atoms with Crippen LogP contribution >= 0.6 is 11.3 Å². The zero-order valence-corrected chi connectivity index (χ0v) is 11.0. The molecule has 0 atom stereocenters. The Morgan fingerprint density at radius 3 is 2.94 bits per heavy atom. The van der Waals surface area contributed by atoms with Gasteiger partial charge in [0.05, 0.1) is 0 Å². The summed E-state index contributed by atoms with van der Waals surface area (Å²) in [6.07, 6.45) is 0. The van der Waals surface area contributed by atoms with E-state index in [1.807, 2.05) is 11.3 Å². The molecule has 1 fully saturated rings. The SMILES string of the molecule is Cc1cc2c(CN3CCNCC3)cccc2s1. The van der Waals surface area contributed by atoms with E-state index in [1.165, 1.54) is 33.6 Å². The molecule has 1 aliphatic rings. The highest BCUT2D eigenvalue weighted by molar-refractivity contribution is 7.19. The van der Waals surface area contributed by atoms with Gasteiger partial charge in [-0.15, -0.1) is 11.3 Å². The summed E-state index contributed by atoms with van der Waals surface area (Å²) in [6.45, 7) is 7.87. The number of piperazine rings is 1. The standard InChI is InChI=1S/C14H18N2S/c1-11-9-13-12(3-2-4-14(13)17-11)10-16-7-5-15-6-8-16/h2-4,9,15H,5-8,10H2,1H3. The molecule has 0 unspecified atom stereocenters. The molecule has 1 N–H and O–H groups in total. The van der Waals surface area contributed by atoms with Crippen molar-refractivity contribution in [3.05, 3.63) is 34.7 Å². The first kappa shape index (κ1) is 11.2. The minimum absolute atomic E-state index is 1.09. The molecule has 0 aliphatic carbocycles. The van der Waals surface area contributed by atoms with Crippen molar-refractivity contribution in [2.24, 2.45) is 0 Å². The van der Waals surface area contributed by atoms with Gasteiger partial charge in [0.25, 0.3) is 0 Å². The van der Waals surface area contributed by atoms with Crippen molar-refractivity contribution < 1.29 is 0 Å². The summed E-state index contributed by atoms with van der Waals surface area (Å²) in [7, 11) is 0. The van der Waals surface area contributed by atoms with Gasteiger partial charge >= 0.3 is 0 Å². The number of nitrogens with one attached hydrogen (secondary N) is 1. The zero-order valence-electron chi connectivity index (χ0n) is 10.2. The third kappa shape index (κ3) is 2.37. The van der Waals surface area contributed by atoms with Gasteiger partial charge < -0.3 is 5.32 Å². The number of rotatable bonds is 2. The van der Waals surface area contributed by atoms with Crippen molar-refractivity contribution in [1.29, 1.82) is 0 Å². The van der Waals surface area contributed by atoms with Crippen molar-refractivity contribution in [2.45, 2.75) is 13.5 Å². The Kier molecular flexibility index (Phi) is 3.14. The van der Waals surface area contributed by atoms with Crippen molar-refractivity contribution in [3.8, 4) is 0 Å². The molecule has 0 spiro atoms. The van der Waals surface area contributed by atoms with Gasteiger partial charge in [-0.3, -0.25) is 4.90 Å². The van der Waals surface area contributed by atoms with Crippen LogP contribution in [-0.4, -0.2) is 31.1 Å². The quantitative estimate of drug-likeness (QED) is 0.876. The molecule has 1 aromatic heterocycles. The molecule has 1 aromatic carbocycles. The second-order valence-electron chi connectivity index (χ2n) is 4.71. The number of nitrogens with zero attached hydrogens (tertiary/aromatic N) is 1. The molecule has 17 heavy (non-hydrogen) atoms. The molecule has 1 aliphatic heterocycles. The van der Waals surface area contributed by atoms with Gasteiger partial charge in [0.2, 0.25) is 0 Å². The zero-order chi connectivity index (χ0) is 11.7. The summed E-state index contributed by atoms with van der Waals surface area (Å²) >= 11 is 1.90. The summed E-state index contributed by atoms with van der Waals surface area (Å²) in [5.41, 5.74) is 1.48. The molecule has 2 aromatic rings. The summed E-state index contributed by atoms with van der Waals surface area (Å²) < 4.78 is 1.43. The van der Waals surface area contributed by atoms with E-state index in [9.17, 15) is 0 Å². The Balaban J connectivity index is 1.88. The highest BCUT2D eigenvalue weighted by atomic mass is 32.1. The Labute approximate surface area is 106 Å². The molecule has 90 valence electrons. The number of fused-ring (bicyclic) bond motifs is 1. The van der Waals surface area contributed by atoms with E-state index < -0.39 is 0 Å². The Hall–Kier alpha value is -0.900. The van der Waals surface area contributed by atoms with Crippen molar-refractivity contribution >= 4 is 21.4 Å². The van der Waals surface area contributed by atoms with Crippen LogP contribution in [0.3, 0.4) is 0 Å². The van der Waals surface area contributed by atoms with Gasteiger partial charge in [0.15, 0.2) is 0 Å². The predicted octanol–water partition coefficient (Wildman–Crippen LogP) is 2.61. The summed E-state index contributed by atoms with van der Waals surface area (Å²) in [6, 6.07) is 9.03. The van der Waals surface area contributed by atoms with Crippen LogP contribution in [0.2, 0.25) is 0 Å². The van der Waals surface area contributed by atoms with Gasteiger partial charge in [0, 0.05) is 42.3 Å². The number of hydrogen-bond donors (Lipinski definition) is 1. The Morgan fingerprint density at radius 1 is 1.29 bits per heavy atom. The Morgan fingerprint density at radius 2 is 2.12 bits per heavy atom. The number of thiophene rings is 1. The van der Waals surface area contributed by atoms with Gasteiger partial charge in [-0.25, -0.2) is 0 Å². The molecule has 0 bridgehead atoms. The summed E-state index contributed by atoms with van der Waals surface area (Å²) in [5.74, 6) is 0. The third-order valence-electron chi connectivity index (χ3n) is 3.38. The molecule has 2 heterocycles. The second-order valence-corrected chi connectivity index (χ2v) is 6.00. The van der Waals surface area contributed by atoms with Crippen molar-refractivity contribution in [3.63, 3.8) is 0 Å². The third-order valence-corrected chi connectivity index (χ3v) is 4.39. The van der Waals surface area contributed by atoms with Crippen LogP contribution in [0, 0.1) is 6.92 Å². The molecule has 1 saturated heterocycles. The monoisotopic (exact) mass is 246 g/mol. The highest BCUT2D eigenvalue weighted by Gasteiger charge is 2.12. The smallest absolute Gasteiger partial charge is 0.0348 e. The van der Waals surface area contributed by atoms with E-state index >= 15 is 0 Å². The van der Waals surface area contributed by atoms with Gasteiger partial charge in [0.1, 0.15) is 0 Å². The maximum absolute atomic E-state index is 3.40. The lowest BCUT2D eigenvalue weighted by atomic mass is 10.1. The van der Waals surface area contributed by atoms with Crippen LogP contribution < -0.4 is 5.32 Å². The van der Waals surface area contributed by atoms with Gasteiger partial charge in [-0.1, -0.05) is 12.1 Å². The first-order chi connectivity index (χ1) is 8.33. The summed E-state index contributed by atoms with van der Waals surface area (Å²) in [4.78, 5) is 3.95. The summed E-state index contributed by atoms with van der Waals surface area (Å²) in [5, 5.41) is 4.85. The fourth-order valence-electron chi connectivity index (χ4n) is 2.50.